The fourth-order valence-electron chi connectivity index (χ4n) is 3.39. The summed E-state index contributed by atoms with van der Waals surface area (Å²) < 4.78 is 5.49. The summed E-state index contributed by atoms with van der Waals surface area (Å²) in [5.41, 5.74) is 0.321. The molecule has 4 rings (SSSR count). The highest BCUT2D eigenvalue weighted by Gasteiger charge is 2.61. The minimum absolute atomic E-state index is 0.120. The lowest BCUT2D eigenvalue weighted by atomic mass is 9.93. The summed E-state index contributed by atoms with van der Waals surface area (Å²) in [7, 11) is 0. The molecular weight excluding hydrogens is 202 g/mol. The molecular formula is C13H19NO2. The zero-order valence-electron chi connectivity index (χ0n) is 9.71. The van der Waals surface area contributed by atoms with Gasteiger partial charge in [0.2, 0.25) is 5.91 Å². The third-order valence-electron chi connectivity index (χ3n) is 5.09. The van der Waals surface area contributed by atoms with Crippen molar-refractivity contribution in [2.24, 2.45) is 11.3 Å². The van der Waals surface area contributed by atoms with Crippen LogP contribution < -0.4 is 0 Å². The van der Waals surface area contributed by atoms with Crippen LogP contribution in [0, 0.1) is 11.3 Å². The summed E-state index contributed by atoms with van der Waals surface area (Å²) >= 11 is 0. The van der Waals surface area contributed by atoms with Crippen LogP contribution in [0.3, 0.4) is 0 Å². The molecule has 0 aromatic rings. The molecule has 2 aliphatic heterocycles. The van der Waals surface area contributed by atoms with Crippen molar-refractivity contribution in [2.45, 2.75) is 44.1 Å². The molecule has 2 aliphatic carbocycles. The van der Waals surface area contributed by atoms with Crippen LogP contribution in [0.2, 0.25) is 0 Å². The second kappa shape index (κ2) is 2.81. The van der Waals surface area contributed by atoms with E-state index >= 15 is 0 Å². The van der Waals surface area contributed by atoms with Gasteiger partial charge in [-0.25, -0.2) is 0 Å². The van der Waals surface area contributed by atoms with Gasteiger partial charge in [0.25, 0.3) is 0 Å². The van der Waals surface area contributed by atoms with Gasteiger partial charge in [0.15, 0.2) is 0 Å². The molecule has 1 amide bonds. The first kappa shape index (κ1) is 9.46. The van der Waals surface area contributed by atoms with Crippen LogP contribution in [0.1, 0.15) is 38.5 Å². The number of carbonyl (C=O) groups is 1. The first-order valence-corrected chi connectivity index (χ1v) is 6.68. The summed E-state index contributed by atoms with van der Waals surface area (Å²) in [5.74, 6) is 1.22. The molecule has 4 aliphatic rings. The van der Waals surface area contributed by atoms with Crippen LogP contribution in [-0.2, 0) is 9.53 Å². The lowest BCUT2D eigenvalue weighted by Gasteiger charge is -2.33. The molecule has 2 saturated heterocycles. The highest BCUT2D eigenvalue weighted by Crippen LogP contribution is 2.62. The number of likely N-dealkylation sites (tertiary alicyclic amines) is 1. The maximum atomic E-state index is 12.5. The first-order chi connectivity index (χ1) is 7.74. The fourth-order valence-corrected chi connectivity index (χ4v) is 3.39. The van der Waals surface area contributed by atoms with E-state index in [1.165, 1.54) is 12.8 Å². The van der Waals surface area contributed by atoms with Crippen molar-refractivity contribution in [3.8, 4) is 0 Å². The second-order valence-electron chi connectivity index (χ2n) is 6.19. The second-order valence-corrected chi connectivity index (χ2v) is 6.19. The Bertz CT molecular complexity index is 330. The molecule has 0 N–H and O–H groups in total. The van der Waals surface area contributed by atoms with E-state index in [1.807, 2.05) is 0 Å². The van der Waals surface area contributed by atoms with Gasteiger partial charge in [-0.15, -0.1) is 0 Å². The van der Waals surface area contributed by atoms with Gasteiger partial charge in [-0.05, 0) is 44.4 Å². The lowest BCUT2D eigenvalue weighted by Crippen LogP contribution is -2.45. The van der Waals surface area contributed by atoms with E-state index < -0.39 is 0 Å². The minimum Gasteiger partial charge on any atom is -0.369 e. The number of hydrogen-bond acceptors (Lipinski definition) is 2. The molecule has 16 heavy (non-hydrogen) atoms. The van der Waals surface area contributed by atoms with Crippen LogP contribution in [0.15, 0.2) is 0 Å². The summed E-state index contributed by atoms with van der Waals surface area (Å²) in [4.78, 5) is 14.6. The zero-order chi connectivity index (χ0) is 10.8. The molecule has 0 aromatic carbocycles. The van der Waals surface area contributed by atoms with Crippen LogP contribution in [0.4, 0.5) is 0 Å². The average Bonchev–Trinajstić information content (AvgIpc) is 3.10. The monoisotopic (exact) mass is 221 g/mol. The third-order valence-corrected chi connectivity index (χ3v) is 5.09. The summed E-state index contributed by atoms with van der Waals surface area (Å²) in [6.07, 6.45) is 7.06. The number of amides is 1. The molecule has 3 nitrogen and oxygen atoms in total. The SMILES string of the molecule is O=C(N1CCC2(CC1)CO2)C1(C2CC2)CC1. The van der Waals surface area contributed by atoms with Crippen molar-refractivity contribution in [2.75, 3.05) is 19.7 Å². The van der Waals surface area contributed by atoms with Crippen LogP contribution >= 0.6 is 0 Å². The van der Waals surface area contributed by atoms with Gasteiger partial charge in [0.05, 0.1) is 17.6 Å². The molecule has 0 bridgehead atoms. The Morgan fingerprint density at radius 1 is 1.12 bits per heavy atom. The van der Waals surface area contributed by atoms with Crippen molar-refractivity contribution in [1.82, 2.24) is 4.90 Å². The number of epoxide rings is 1. The van der Waals surface area contributed by atoms with Crippen molar-refractivity contribution >= 4 is 5.91 Å². The Morgan fingerprint density at radius 3 is 2.19 bits per heavy atom. The van der Waals surface area contributed by atoms with E-state index in [0.29, 0.717) is 5.91 Å². The number of rotatable bonds is 2. The predicted molar refractivity (Wildman–Crippen MR) is 58.9 cm³/mol. The Kier molecular flexibility index (Phi) is 1.66. The smallest absolute Gasteiger partial charge is 0.229 e. The number of hydrogen-bond donors (Lipinski definition) is 0. The van der Waals surface area contributed by atoms with Gasteiger partial charge in [-0.3, -0.25) is 4.79 Å². The standard InChI is InChI=1S/C13H19NO2/c15-11(13(3-4-13)10-1-2-10)14-7-5-12(6-8-14)9-16-12/h10H,1-9H2. The van der Waals surface area contributed by atoms with Gasteiger partial charge in [-0.1, -0.05) is 0 Å². The molecule has 0 atom stereocenters. The third kappa shape index (κ3) is 1.27. The fraction of sp³-hybridized carbons (Fsp3) is 0.923. The van der Waals surface area contributed by atoms with Crippen LogP contribution in [0.5, 0.6) is 0 Å². The number of carbonyl (C=O) groups excluding carboxylic acids is 1. The van der Waals surface area contributed by atoms with E-state index in [-0.39, 0.29) is 11.0 Å². The normalized spacial score (nSPS) is 33.9. The van der Waals surface area contributed by atoms with E-state index in [1.54, 1.807) is 0 Å². The van der Waals surface area contributed by atoms with Gasteiger partial charge < -0.3 is 9.64 Å². The van der Waals surface area contributed by atoms with E-state index in [0.717, 1.165) is 51.3 Å². The Labute approximate surface area is 96.1 Å². The van der Waals surface area contributed by atoms with Gasteiger partial charge in [0, 0.05) is 13.1 Å². The number of piperidine rings is 1. The summed E-state index contributed by atoms with van der Waals surface area (Å²) in [5, 5.41) is 0. The molecule has 4 fully saturated rings. The number of nitrogens with zero attached hydrogens (tertiary/aromatic N) is 1. The van der Waals surface area contributed by atoms with Crippen LogP contribution in [-0.4, -0.2) is 36.1 Å². The highest BCUT2D eigenvalue weighted by atomic mass is 16.6. The number of ether oxygens (including phenoxy) is 1. The van der Waals surface area contributed by atoms with E-state index in [2.05, 4.69) is 4.90 Å². The average molecular weight is 221 g/mol. The molecule has 88 valence electrons. The summed E-state index contributed by atoms with van der Waals surface area (Å²) in [6, 6.07) is 0. The molecule has 3 heteroatoms. The molecule has 0 unspecified atom stereocenters. The van der Waals surface area contributed by atoms with Crippen molar-refractivity contribution < 1.29 is 9.53 Å². The zero-order valence-corrected chi connectivity index (χ0v) is 9.71. The topological polar surface area (TPSA) is 32.8 Å². The van der Waals surface area contributed by atoms with Crippen molar-refractivity contribution in [3.63, 3.8) is 0 Å². The first-order valence-electron chi connectivity index (χ1n) is 6.68. The van der Waals surface area contributed by atoms with Gasteiger partial charge in [-0.2, -0.15) is 0 Å². The van der Waals surface area contributed by atoms with Crippen molar-refractivity contribution in [1.29, 1.82) is 0 Å². The highest BCUT2D eigenvalue weighted by molar-refractivity contribution is 5.86. The van der Waals surface area contributed by atoms with Gasteiger partial charge >= 0.3 is 0 Å². The summed E-state index contributed by atoms with van der Waals surface area (Å²) in [6.45, 7) is 2.81. The maximum Gasteiger partial charge on any atom is 0.229 e. The minimum atomic E-state index is 0.120. The Hall–Kier alpha value is -0.570. The predicted octanol–water partition coefficient (Wildman–Crippen LogP) is 1.57. The molecule has 0 radical (unpaired) electrons. The van der Waals surface area contributed by atoms with E-state index in [4.69, 9.17) is 4.74 Å². The van der Waals surface area contributed by atoms with Crippen LogP contribution in [0.25, 0.3) is 0 Å². The largest absolute Gasteiger partial charge is 0.369 e. The molecule has 2 saturated carbocycles. The van der Waals surface area contributed by atoms with Crippen molar-refractivity contribution in [3.05, 3.63) is 0 Å². The lowest BCUT2D eigenvalue weighted by molar-refractivity contribution is -0.139. The molecule has 0 aromatic heterocycles. The Balaban J connectivity index is 1.44. The quantitative estimate of drug-likeness (QED) is 0.663. The Morgan fingerprint density at radius 2 is 1.75 bits per heavy atom. The van der Waals surface area contributed by atoms with E-state index in [9.17, 15) is 4.79 Å². The maximum absolute atomic E-state index is 12.5. The van der Waals surface area contributed by atoms with Gasteiger partial charge in [0.1, 0.15) is 0 Å². The molecule has 2 heterocycles. The molecule has 1 spiro atoms.